The number of nitrogens with zero attached hydrogens (tertiary/aromatic N) is 16. The number of benzene rings is 8. The molecule has 141 heavy (non-hydrogen) atoms. The van der Waals surface area contributed by atoms with Gasteiger partial charge in [0.2, 0.25) is 0 Å². The number of ether oxygens (including phenoxy) is 5. The number of likely N-dealkylation sites (N-methyl/N-ethyl adjacent to an activating group) is 3. The number of halogens is 8. The molecular weight excluding hydrogens is 1810 g/mol. The Balaban J connectivity index is 0.000000130. The predicted octanol–water partition coefficient (Wildman–Crippen LogP) is 21.4. The Bertz CT molecular complexity index is 6210. The number of aromatic nitrogens is 8. The van der Waals surface area contributed by atoms with Crippen molar-refractivity contribution in [2.45, 2.75) is 162 Å². The lowest BCUT2D eigenvalue weighted by molar-refractivity contribution is 0.125. The van der Waals surface area contributed by atoms with Crippen LogP contribution in [-0.4, -0.2) is 237 Å². The molecule has 8 aromatic carbocycles. The number of hydrogen-bond donors (Lipinski definition) is 2. The number of aliphatic hydroxyl groups excluding tert-OH is 1. The summed E-state index contributed by atoms with van der Waals surface area (Å²) in [7, 11) is 9.69. The van der Waals surface area contributed by atoms with Crippen LogP contribution in [-0.2, 0) is 32.1 Å². The third-order valence-electron chi connectivity index (χ3n) is 28.9. The highest BCUT2D eigenvalue weighted by Crippen LogP contribution is 2.54. The van der Waals surface area contributed by atoms with E-state index in [4.69, 9.17) is 43.6 Å². The van der Waals surface area contributed by atoms with Crippen LogP contribution in [0.25, 0.3) is 43.6 Å². The fourth-order valence-electron chi connectivity index (χ4n) is 19.8. The first kappa shape index (κ1) is 101. The fraction of sp³-hybridized carbons (Fsp3) is 0.491. The van der Waals surface area contributed by atoms with Crippen molar-refractivity contribution < 1.29 is 69.0 Å². The molecule has 0 unspecified atom stereocenters. The Morgan fingerprint density at radius 3 is 0.887 bits per heavy atom. The van der Waals surface area contributed by atoms with Crippen LogP contribution in [0.1, 0.15) is 185 Å². The largest absolute Gasteiger partial charge is 0.508 e. The van der Waals surface area contributed by atoms with Gasteiger partial charge in [0, 0.05) is 151 Å². The Hall–Kier alpha value is -12.0. The highest BCUT2D eigenvalue weighted by atomic mass is 19.2. The van der Waals surface area contributed by atoms with Crippen molar-refractivity contribution >= 4 is 89.6 Å². The maximum absolute atomic E-state index is 15.1. The number of hydrogen-bond acceptors (Lipinski definition) is 23. The quantitative estimate of drug-likeness (QED) is 0.0273. The van der Waals surface area contributed by atoms with Gasteiger partial charge < -0.3 is 73.1 Å². The van der Waals surface area contributed by atoms with Crippen molar-refractivity contribution in [1.29, 1.82) is 0 Å². The van der Waals surface area contributed by atoms with Crippen molar-refractivity contribution in [2.75, 3.05) is 226 Å². The van der Waals surface area contributed by atoms with Gasteiger partial charge in [-0.15, -0.1) is 0 Å². The van der Waals surface area contributed by atoms with Gasteiger partial charge in [-0.3, -0.25) is 0 Å². The molecule has 31 heteroatoms. The molecule has 8 heterocycles. The SMILES string of the molecule is CCCN(C)c1ccc2nc(C3(F)CC3)nc(N3CCC(c4ccccc4O)CC3)c2c1.CN(CCO)c1ccc2nc(C3(F)CC3)nc(N3CCC(c4ccccc4OCCF)CC3)c2c1.CN(CCOCCF)c1ccc2nc(C3(F)CC3)nc(N3CCC(c4ccccc4OCCF)CC3)c2c1.COc1ccccc1C1CCN(c2nc(C3(F)CC3)nc3ccc(N(C)CCOCCF)cc23)CC1. The Kier molecular flexibility index (Phi) is 32.5. The Morgan fingerprint density at radius 2 is 0.603 bits per heavy atom. The van der Waals surface area contributed by atoms with E-state index in [0.717, 1.165) is 240 Å². The molecule has 4 saturated carbocycles. The number of para-hydroxylation sites is 4. The molecule has 0 spiro atoms. The smallest absolute Gasteiger partial charge is 0.170 e. The molecule has 8 fully saturated rings. The first-order valence-electron chi connectivity index (χ1n) is 50.3. The van der Waals surface area contributed by atoms with Gasteiger partial charge in [0.15, 0.2) is 46.0 Å². The second-order valence-electron chi connectivity index (χ2n) is 38.7. The summed E-state index contributed by atoms with van der Waals surface area (Å²) < 4.78 is 138. The molecule has 2 N–H and O–H groups in total. The molecule has 8 aliphatic rings. The third kappa shape index (κ3) is 23.8. The van der Waals surface area contributed by atoms with E-state index in [1.54, 1.807) is 13.2 Å². The standard InChI is InChI=1S/C29H35F3N4O2.C28H34F2N4O2.C27H32F2N4O2.C26H31FN4O/c1-35(16-19-37-17-12-30)22-6-7-25-24(20-22)27(34-28(33-25)29(32)10-11-29)36-14-8-21(9-15-36)23-4-2-3-5-26(23)38-18-13-31;1-33(16-18-36-17-13-29)21-7-8-24-23(19-21)26(32-27(31-24)28(30)11-12-28)34-14-9-20(10-15-34)22-5-3-4-6-25(22)35-2;1-32(15-16-34)20-6-7-23-22(18-20)25(31-26(30-23)27(29)10-11-27)33-13-8-19(9-14-33)21-4-2-3-5-24(21)35-17-12-28;1-3-14-30(2)19-8-9-22-21(17-19)24(29-25(28-22)26(27)12-13-26)31-15-10-18(11-16-31)20-6-4-5-7-23(20)32/h2-7,20-21H,8-19H2,1H3;3-8,19-20H,9-18H2,1-2H3;2-7,18-19,34H,8-17H2,1H3;4-9,17-18,32H,3,10-16H2,1-2H3. The first-order chi connectivity index (χ1) is 68.5. The van der Waals surface area contributed by atoms with Crippen molar-refractivity contribution in [3.8, 4) is 23.0 Å². The minimum Gasteiger partial charge on any atom is -0.508 e. The molecular formula is C110H132F8N16O7. The average Bonchev–Trinajstić information content (AvgIpc) is 1.69. The van der Waals surface area contributed by atoms with Crippen LogP contribution in [0.2, 0.25) is 0 Å². The first-order valence-corrected chi connectivity index (χ1v) is 50.3. The van der Waals surface area contributed by atoms with Gasteiger partial charge >= 0.3 is 0 Å². The number of piperidine rings is 4. The van der Waals surface area contributed by atoms with Crippen molar-refractivity contribution in [2.24, 2.45) is 0 Å². The summed E-state index contributed by atoms with van der Waals surface area (Å²) in [5, 5.41) is 23.3. The van der Waals surface area contributed by atoms with Gasteiger partial charge in [0.05, 0.1) is 62.2 Å². The van der Waals surface area contributed by atoms with Crippen LogP contribution < -0.4 is 53.4 Å². The van der Waals surface area contributed by atoms with E-state index in [-0.39, 0.29) is 50.6 Å². The van der Waals surface area contributed by atoms with Crippen LogP contribution >= 0.6 is 0 Å². The summed E-state index contributed by atoms with van der Waals surface area (Å²) in [4.78, 5) is 54.9. The molecule has 0 atom stereocenters. The number of aliphatic hydroxyl groups is 1. The molecule has 20 rings (SSSR count). The molecule has 4 aliphatic heterocycles. The molecule has 23 nitrogen and oxygen atoms in total. The normalized spacial score (nSPS) is 17.5. The number of methoxy groups -OCH3 is 1. The highest BCUT2D eigenvalue weighted by Gasteiger charge is 2.52. The van der Waals surface area contributed by atoms with E-state index in [1.165, 1.54) is 5.56 Å². The van der Waals surface area contributed by atoms with Crippen molar-refractivity contribution in [1.82, 2.24) is 39.9 Å². The molecule has 0 radical (unpaired) electrons. The van der Waals surface area contributed by atoms with Crippen molar-refractivity contribution in [3.05, 3.63) is 215 Å². The number of rotatable bonds is 37. The maximum atomic E-state index is 15.1. The molecule has 4 aromatic heterocycles. The van der Waals surface area contributed by atoms with E-state index in [9.17, 15) is 32.2 Å². The van der Waals surface area contributed by atoms with Gasteiger partial charge in [0.25, 0.3) is 0 Å². The summed E-state index contributed by atoms with van der Waals surface area (Å²) in [6, 6.07) is 55.7. The molecule has 750 valence electrons. The zero-order valence-electron chi connectivity index (χ0n) is 81.9. The number of phenols is 1. The Labute approximate surface area is 821 Å². The van der Waals surface area contributed by atoms with Crippen LogP contribution in [0, 0.1) is 0 Å². The minimum absolute atomic E-state index is 0.0509. The summed E-state index contributed by atoms with van der Waals surface area (Å²) >= 11 is 0. The molecule has 4 aliphatic carbocycles. The lowest BCUT2D eigenvalue weighted by atomic mass is 9.88. The molecule has 4 saturated heterocycles. The van der Waals surface area contributed by atoms with Gasteiger partial charge in [-0.1, -0.05) is 79.7 Å². The lowest BCUT2D eigenvalue weighted by Crippen LogP contribution is -2.34. The zero-order chi connectivity index (χ0) is 98.4. The lowest BCUT2D eigenvalue weighted by Gasteiger charge is -2.34. The molecule has 0 amide bonds. The molecule has 12 aromatic rings. The summed E-state index contributed by atoms with van der Waals surface area (Å²) in [5.74, 6) is 8.50. The number of phenolic OH excluding ortho intramolecular Hbond substituents is 1. The summed E-state index contributed by atoms with van der Waals surface area (Å²) in [5.41, 5.74) is 5.95. The van der Waals surface area contributed by atoms with Gasteiger partial charge in [-0.2, -0.15) is 0 Å². The van der Waals surface area contributed by atoms with E-state index < -0.39 is 49.4 Å². The van der Waals surface area contributed by atoms with Gasteiger partial charge in [-0.05, 0) is 252 Å². The van der Waals surface area contributed by atoms with Gasteiger partial charge in [0.1, 0.15) is 86.2 Å². The van der Waals surface area contributed by atoms with Crippen LogP contribution in [0.5, 0.6) is 23.0 Å². The fourth-order valence-corrected chi connectivity index (χ4v) is 19.8. The van der Waals surface area contributed by atoms with Crippen molar-refractivity contribution in [3.63, 3.8) is 0 Å². The number of aromatic hydroxyl groups is 1. The highest BCUT2D eigenvalue weighted by molar-refractivity contribution is 5.96. The van der Waals surface area contributed by atoms with E-state index in [0.29, 0.717) is 119 Å². The maximum Gasteiger partial charge on any atom is 0.170 e. The number of alkyl halides is 8. The monoisotopic (exact) mass is 1940 g/mol. The Morgan fingerprint density at radius 1 is 0.333 bits per heavy atom. The van der Waals surface area contributed by atoms with Crippen LogP contribution in [0.3, 0.4) is 0 Å². The summed E-state index contributed by atoms with van der Waals surface area (Å²) in [6.07, 6.45) is 12.2. The topological polar surface area (TPSA) is 216 Å². The van der Waals surface area contributed by atoms with Crippen LogP contribution in [0.4, 0.5) is 81.1 Å². The summed E-state index contributed by atoms with van der Waals surface area (Å²) in [6.45, 7) is 10.5. The zero-order valence-corrected chi connectivity index (χ0v) is 81.9. The molecule has 0 bridgehead atoms. The second-order valence-corrected chi connectivity index (χ2v) is 38.7. The van der Waals surface area contributed by atoms with E-state index >= 15 is 13.2 Å². The van der Waals surface area contributed by atoms with E-state index in [2.05, 4.69) is 106 Å². The third-order valence-corrected chi connectivity index (χ3v) is 28.9. The number of anilines is 8. The minimum atomic E-state index is -1.43. The average molecular weight is 1940 g/mol. The number of fused-ring (bicyclic) bond motifs is 4. The van der Waals surface area contributed by atoms with Gasteiger partial charge in [-0.25, -0.2) is 75.0 Å². The predicted molar refractivity (Wildman–Crippen MR) is 544 cm³/mol. The second kappa shape index (κ2) is 45.5. The van der Waals surface area contributed by atoms with Crippen LogP contribution in [0.15, 0.2) is 170 Å². The van der Waals surface area contributed by atoms with E-state index in [1.807, 2.05) is 152 Å².